The molecule has 1 atom stereocenters. The first kappa shape index (κ1) is 32.3. The molecule has 8 nitrogen and oxygen atoms in total. The van der Waals surface area contributed by atoms with Crippen molar-refractivity contribution in [2.45, 2.75) is 69.0 Å². The normalized spacial score (nSPS) is 14.5. The SMILES string of the molecule is CC[C@H](C(=O)NC1CCCCC1)N(Cc1ccc(F)cc1)C(=O)CN(c1ccc(OC)c(Cl)c1)S(=O)(=O)c1ccccc1. The van der Waals surface area contributed by atoms with Gasteiger partial charge in [-0.1, -0.05) is 68.1 Å². The summed E-state index contributed by atoms with van der Waals surface area (Å²) >= 11 is 6.37. The van der Waals surface area contributed by atoms with Gasteiger partial charge in [0.2, 0.25) is 11.8 Å². The molecule has 0 spiro atoms. The number of halogens is 2. The number of nitrogens with zero attached hydrogens (tertiary/aromatic N) is 2. The molecule has 2 amide bonds. The largest absolute Gasteiger partial charge is 0.495 e. The number of hydrogen-bond acceptors (Lipinski definition) is 5. The molecular formula is C32H37ClFN3O5S. The van der Waals surface area contributed by atoms with Crippen LogP contribution in [0.25, 0.3) is 0 Å². The second-order valence-electron chi connectivity index (χ2n) is 10.6. The summed E-state index contributed by atoms with van der Waals surface area (Å²) in [5, 5.41) is 3.27. The average molecular weight is 630 g/mol. The Morgan fingerprint density at radius 3 is 2.30 bits per heavy atom. The lowest BCUT2D eigenvalue weighted by Gasteiger charge is -2.34. The van der Waals surface area contributed by atoms with Crippen molar-refractivity contribution in [2.24, 2.45) is 0 Å². The number of hydrogen-bond donors (Lipinski definition) is 1. The average Bonchev–Trinajstić information content (AvgIpc) is 3.01. The fourth-order valence-electron chi connectivity index (χ4n) is 5.31. The Morgan fingerprint density at radius 2 is 1.70 bits per heavy atom. The molecule has 1 saturated carbocycles. The molecule has 4 rings (SSSR count). The highest BCUT2D eigenvalue weighted by molar-refractivity contribution is 7.92. The Hall–Kier alpha value is -3.63. The van der Waals surface area contributed by atoms with E-state index in [1.807, 2.05) is 0 Å². The molecule has 0 heterocycles. The number of amides is 2. The van der Waals surface area contributed by atoms with Crippen LogP contribution in [0.3, 0.4) is 0 Å². The molecule has 43 heavy (non-hydrogen) atoms. The van der Waals surface area contributed by atoms with E-state index in [0.29, 0.717) is 17.7 Å². The van der Waals surface area contributed by atoms with Gasteiger partial charge in [0.25, 0.3) is 10.0 Å². The van der Waals surface area contributed by atoms with Crippen LogP contribution < -0.4 is 14.4 Å². The van der Waals surface area contributed by atoms with Crippen LogP contribution in [0.2, 0.25) is 5.02 Å². The summed E-state index contributed by atoms with van der Waals surface area (Å²) < 4.78 is 47.8. The van der Waals surface area contributed by atoms with E-state index in [1.54, 1.807) is 37.3 Å². The van der Waals surface area contributed by atoms with Gasteiger partial charge in [-0.15, -0.1) is 0 Å². The number of benzene rings is 3. The molecule has 0 aliphatic heterocycles. The van der Waals surface area contributed by atoms with E-state index in [2.05, 4.69) is 5.32 Å². The summed E-state index contributed by atoms with van der Waals surface area (Å²) in [4.78, 5) is 29.2. The second kappa shape index (κ2) is 14.7. The zero-order valence-electron chi connectivity index (χ0n) is 24.3. The predicted octanol–water partition coefficient (Wildman–Crippen LogP) is 5.94. The van der Waals surface area contributed by atoms with E-state index >= 15 is 0 Å². The highest BCUT2D eigenvalue weighted by atomic mass is 35.5. The fourth-order valence-corrected chi connectivity index (χ4v) is 6.99. The van der Waals surface area contributed by atoms with Gasteiger partial charge in [0, 0.05) is 12.6 Å². The zero-order valence-corrected chi connectivity index (χ0v) is 25.9. The Labute approximate surface area is 257 Å². The van der Waals surface area contributed by atoms with Gasteiger partial charge in [-0.05, 0) is 67.3 Å². The Morgan fingerprint density at radius 1 is 1.02 bits per heavy atom. The van der Waals surface area contributed by atoms with Crippen LogP contribution in [0.5, 0.6) is 5.75 Å². The maximum Gasteiger partial charge on any atom is 0.264 e. The number of sulfonamides is 1. The highest BCUT2D eigenvalue weighted by Gasteiger charge is 2.34. The first-order valence-corrected chi connectivity index (χ1v) is 16.2. The molecule has 3 aromatic rings. The smallest absolute Gasteiger partial charge is 0.264 e. The third-order valence-corrected chi connectivity index (χ3v) is 9.72. The zero-order chi connectivity index (χ0) is 31.0. The van der Waals surface area contributed by atoms with Crippen LogP contribution in [0, 0.1) is 5.82 Å². The first-order valence-electron chi connectivity index (χ1n) is 14.4. The molecule has 0 aromatic heterocycles. The van der Waals surface area contributed by atoms with Gasteiger partial charge in [0.15, 0.2) is 0 Å². The Balaban J connectivity index is 1.72. The number of nitrogens with one attached hydrogen (secondary N) is 1. The van der Waals surface area contributed by atoms with Crippen LogP contribution in [-0.2, 0) is 26.2 Å². The number of carbonyl (C=O) groups is 2. The van der Waals surface area contributed by atoms with Crippen molar-refractivity contribution in [3.05, 3.63) is 89.2 Å². The highest BCUT2D eigenvalue weighted by Crippen LogP contribution is 2.32. The van der Waals surface area contributed by atoms with Gasteiger partial charge >= 0.3 is 0 Å². The fraction of sp³-hybridized carbons (Fsp3) is 0.375. The second-order valence-corrected chi connectivity index (χ2v) is 12.8. The summed E-state index contributed by atoms with van der Waals surface area (Å²) in [6.45, 7) is 1.18. The minimum absolute atomic E-state index is 0.0121. The number of methoxy groups -OCH3 is 1. The van der Waals surface area contributed by atoms with E-state index < -0.39 is 34.3 Å². The van der Waals surface area contributed by atoms with Gasteiger partial charge < -0.3 is 15.0 Å². The summed E-state index contributed by atoms with van der Waals surface area (Å²) in [6, 6.07) is 17.0. The molecule has 1 fully saturated rings. The summed E-state index contributed by atoms with van der Waals surface area (Å²) in [6.07, 6.45) is 5.21. The maximum atomic E-state index is 14.2. The third-order valence-electron chi connectivity index (χ3n) is 7.64. The van der Waals surface area contributed by atoms with Gasteiger partial charge in [-0.2, -0.15) is 0 Å². The monoisotopic (exact) mass is 629 g/mol. The van der Waals surface area contributed by atoms with Crippen molar-refractivity contribution in [1.82, 2.24) is 10.2 Å². The lowest BCUT2D eigenvalue weighted by Crippen LogP contribution is -2.54. The summed E-state index contributed by atoms with van der Waals surface area (Å²) in [5.41, 5.74) is 0.757. The molecule has 3 aromatic carbocycles. The number of ether oxygens (including phenoxy) is 1. The molecule has 0 bridgehead atoms. The predicted molar refractivity (Wildman–Crippen MR) is 165 cm³/mol. The van der Waals surface area contributed by atoms with E-state index in [4.69, 9.17) is 16.3 Å². The summed E-state index contributed by atoms with van der Waals surface area (Å²) in [5.74, 6) is -0.978. The van der Waals surface area contributed by atoms with Gasteiger partial charge in [0.1, 0.15) is 24.2 Å². The topological polar surface area (TPSA) is 96.0 Å². The van der Waals surface area contributed by atoms with Crippen molar-refractivity contribution >= 4 is 39.1 Å². The van der Waals surface area contributed by atoms with Crippen LogP contribution in [0.1, 0.15) is 51.0 Å². The summed E-state index contributed by atoms with van der Waals surface area (Å²) in [7, 11) is -2.79. The third kappa shape index (κ3) is 8.06. The Kier molecular flexibility index (Phi) is 11.0. The van der Waals surface area contributed by atoms with Crippen molar-refractivity contribution in [1.29, 1.82) is 0 Å². The molecule has 230 valence electrons. The van der Waals surface area contributed by atoms with Crippen LogP contribution >= 0.6 is 11.6 Å². The number of rotatable bonds is 12. The quantitative estimate of drug-likeness (QED) is 0.268. The lowest BCUT2D eigenvalue weighted by molar-refractivity contribution is -0.140. The number of anilines is 1. The molecule has 1 aliphatic rings. The molecule has 1 N–H and O–H groups in total. The Bertz CT molecular complexity index is 1500. The maximum absolute atomic E-state index is 14.2. The van der Waals surface area contributed by atoms with E-state index in [9.17, 15) is 22.4 Å². The standard InChI is InChI=1S/C32H37ClFN3O5S/c1-3-29(32(39)35-25-10-6-4-7-11-25)36(21-23-14-16-24(34)17-15-23)31(38)22-37(26-18-19-30(42-2)28(33)20-26)43(40,41)27-12-8-5-9-13-27/h5,8-9,12-20,25,29H,3-4,6-7,10-11,21-22H2,1-2H3,(H,35,39)/t29-/m1/s1. The van der Waals surface area contributed by atoms with Crippen LogP contribution in [0.4, 0.5) is 10.1 Å². The van der Waals surface area contributed by atoms with Crippen molar-refractivity contribution in [2.75, 3.05) is 18.0 Å². The number of carbonyl (C=O) groups excluding carboxylic acids is 2. The molecule has 11 heteroatoms. The van der Waals surface area contributed by atoms with E-state index in [-0.39, 0.29) is 34.1 Å². The molecular weight excluding hydrogens is 593 g/mol. The molecule has 0 radical (unpaired) electrons. The molecule has 0 unspecified atom stereocenters. The van der Waals surface area contributed by atoms with E-state index in [1.165, 1.54) is 54.5 Å². The van der Waals surface area contributed by atoms with Gasteiger partial charge in [0.05, 0.1) is 22.7 Å². The van der Waals surface area contributed by atoms with Gasteiger partial charge in [-0.3, -0.25) is 13.9 Å². The van der Waals surface area contributed by atoms with E-state index in [0.717, 1.165) is 36.4 Å². The van der Waals surface area contributed by atoms with Gasteiger partial charge in [-0.25, -0.2) is 12.8 Å². The first-order chi connectivity index (χ1) is 20.6. The minimum atomic E-state index is -4.24. The molecule has 0 saturated heterocycles. The van der Waals surface area contributed by atoms with Crippen LogP contribution in [-0.4, -0.2) is 50.9 Å². The minimum Gasteiger partial charge on any atom is -0.495 e. The van der Waals surface area contributed by atoms with Crippen molar-refractivity contribution < 1.29 is 27.1 Å². The lowest BCUT2D eigenvalue weighted by atomic mass is 9.95. The van der Waals surface area contributed by atoms with Crippen LogP contribution in [0.15, 0.2) is 77.7 Å². The van der Waals surface area contributed by atoms with Crippen molar-refractivity contribution in [3.8, 4) is 5.75 Å². The molecule has 1 aliphatic carbocycles. The van der Waals surface area contributed by atoms with Crippen molar-refractivity contribution in [3.63, 3.8) is 0 Å².